The van der Waals surface area contributed by atoms with Crippen molar-refractivity contribution in [1.29, 1.82) is 0 Å². The van der Waals surface area contributed by atoms with E-state index in [0.717, 1.165) is 16.8 Å². The Labute approximate surface area is 188 Å². The monoisotopic (exact) mass is 454 g/mol. The molecule has 148 valence electrons. The minimum Gasteiger partial charge on any atom is -0.252 e. The van der Waals surface area contributed by atoms with Gasteiger partial charge in [-0.25, -0.2) is 4.98 Å². The second-order valence-electron chi connectivity index (χ2n) is 5.14. The number of thiophene rings is 4. The van der Waals surface area contributed by atoms with Gasteiger partial charge in [0.25, 0.3) is 0 Å². The molecule has 0 spiro atoms. The fraction of sp³-hybridized carbons (Fsp3) is 0.0435. The minimum absolute atomic E-state index is 0.988. The lowest BCUT2D eigenvalue weighted by molar-refractivity contribution is 1.32. The third-order valence-electron chi connectivity index (χ3n) is 3.03. The molecule has 0 amide bonds. The van der Waals surface area contributed by atoms with E-state index in [-0.39, 0.29) is 0 Å². The number of nitrogens with zero attached hydrogens (tertiary/aromatic N) is 2. The molecule has 0 atom stereocenters. The summed E-state index contributed by atoms with van der Waals surface area (Å²) in [6.45, 7) is 0. The molecule has 5 aromatic rings. The molecule has 0 saturated heterocycles. The van der Waals surface area contributed by atoms with Crippen LogP contribution in [0.5, 0.6) is 0 Å². The number of hydrogen-bond acceptors (Lipinski definition) is 6. The van der Waals surface area contributed by atoms with Crippen LogP contribution in [-0.4, -0.2) is 9.97 Å². The molecule has 0 bridgehead atoms. The Kier molecular flexibility index (Phi) is 13.1. The van der Waals surface area contributed by atoms with Crippen LogP contribution in [0.25, 0.3) is 10.3 Å². The Morgan fingerprint density at radius 3 is 1.41 bits per heavy atom. The van der Waals surface area contributed by atoms with Crippen LogP contribution in [0.4, 0.5) is 0 Å². The number of rotatable bonds is 0. The first-order valence-corrected chi connectivity index (χ1v) is 12.5. The van der Waals surface area contributed by atoms with E-state index in [1.54, 1.807) is 57.7 Å². The summed E-state index contributed by atoms with van der Waals surface area (Å²) in [6, 6.07) is 14.1. The van der Waals surface area contributed by atoms with E-state index in [2.05, 4.69) is 34.3 Å². The summed E-state index contributed by atoms with van der Waals surface area (Å²) in [5.41, 5.74) is 0.988. The summed E-state index contributed by atoms with van der Waals surface area (Å²) in [5, 5.41) is 14.2. The number of fused-ring (bicyclic) bond motifs is 1. The van der Waals surface area contributed by atoms with Gasteiger partial charge in [-0.2, -0.15) is 34.0 Å². The number of allylic oxidation sites excluding steroid dienone is 4. The Morgan fingerprint density at radius 2 is 1.07 bits per heavy atom. The summed E-state index contributed by atoms with van der Waals surface area (Å²) in [5.74, 6) is 0. The highest BCUT2D eigenvalue weighted by molar-refractivity contribution is 7.16. The smallest absolute Gasteiger partial charge is 0.141 e. The van der Waals surface area contributed by atoms with E-state index in [4.69, 9.17) is 0 Å². The predicted octanol–water partition coefficient (Wildman–Crippen LogP) is 8.44. The summed E-state index contributed by atoms with van der Waals surface area (Å²) in [6.07, 6.45) is 12.9. The van der Waals surface area contributed by atoms with E-state index >= 15 is 0 Å². The lowest BCUT2D eigenvalue weighted by Crippen LogP contribution is -1.72. The molecule has 0 unspecified atom stereocenters. The van der Waals surface area contributed by atoms with Gasteiger partial charge in [-0.3, -0.25) is 4.98 Å². The molecule has 0 fully saturated rings. The van der Waals surface area contributed by atoms with Crippen LogP contribution in [-0.2, 0) is 0 Å². The maximum absolute atomic E-state index is 4.10. The maximum Gasteiger partial charge on any atom is 0.141 e. The zero-order chi connectivity index (χ0) is 20.2. The molecule has 0 aromatic carbocycles. The first-order valence-electron chi connectivity index (χ1n) is 8.84. The minimum atomic E-state index is 0.988. The average molecular weight is 455 g/mol. The average Bonchev–Trinajstić information content (AvgIpc) is 3.65. The topological polar surface area (TPSA) is 25.8 Å². The molecule has 1 aliphatic carbocycles. The first-order chi connectivity index (χ1) is 14.5. The summed E-state index contributed by atoms with van der Waals surface area (Å²) in [7, 11) is 0. The van der Waals surface area contributed by atoms with Gasteiger partial charge in [0.05, 0.1) is 5.52 Å². The molecular formula is C23H22N2S4. The largest absolute Gasteiger partial charge is 0.252 e. The van der Waals surface area contributed by atoms with Crippen LogP contribution < -0.4 is 0 Å². The van der Waals surface area contributed by atoms with E-state index in [1.165, 1.54) is 0 Å². The van der Waals surface area contributed by atoms with Crippen molar-refractivity contribution in [3.8, 4) is 0 Å². The van der Waals surface area contributed by atoms with Crippen molar-refractivity contribution in [2.75, 3.05) is 0 Å². The summed E-state index contributed by atoms with van der Waals surface area (Å²) in [4.78, 5) is 9.20. The van der Waals surface area contributed by atoms with E-state index < -0.39 is 0 Å². The Morgan fingerprint density at radius 1 is 0.586 bits per heavy atom. The highest BCUT2D eigenvalue weighted by atomic mass is 32.1. The van der Waals surface area contributed by atoms with Gasteiger partial charge in [-0.05, 0) is 50.1 Å². The third kappa shape index (κ3) is 11.9. The first kappa shape index (κ1) is 22.9. The molecule has 6 rings (SSSR count). The van der Waals surface area contributed by atoms with Crippen LogP contribution in [0.3, 0.4) is 0 Å². The quantitative estimate of drug-likeness (QED) is 0.234. The number of aromatic nitrogens is 2. The summed E-state index contributed by atoms with van der Waals surface area (Å²) < 4.78 is 0. The van der Waals surface area contributed by atoms with Gasteiger partial charge in [0.1, 0.15) is 4.83 Å². The molecule has 5 aromatic heterocycles. The zero-order valence-corrected chi connectivity index (χ0v) is 19.0. The third-order valence-corrected chi connectivity index (χ3v) is 5.72. The molecule has 0 radical (unpaired) electrons. The Hall–Kier alpha value is -2.38. The van der Waals surface area contributed by atoms with Crippen LogP contribution in [0.1, 0.15) is 6.42 Å². The molecule has 1 aliphatic rings. The van der Waals surface area contributed by atoms with Gasteiger partial charge < -0.3 is 0 Å². The maximum atomic E-state index is 4.10. The molecule has 0 N–H and O–H groups in total. The highest BCUT2D eigenvalue weighted by Gasteiger charge is 1.91. The Bertz CT molecular complexity index is 829. The SMILES string of the molecule is C1=CCC=C1.c1ccsc1.c1ccsc1.c1ccsc1.c1cnc2sccc2n1. The molecule has 5 heterocycles. The predicted molar refractivity (Wildman–Crippen MR) is 133 cm³/mol. The number of hydrogen-bond donors (Lipinski definition) is 0. The molecular weight excluding hydrogens is 433 g/mol. The molecule has 0 aliphatic heterocycles. The second kappa shape index (κ2) is 16.6. The van der Waals surface area contributed by atoms with Crippen molar-refractivity contribution in [3.05, 3.63) is 117 Å². The van der Waals surface area contributed by atoms with Crippen molar-refractivity contribution in [2.45, 2.75) is 6.42 Å². The molecule has 6 heteroatoms. The van der Waals surface area contributed by atoms with Gasteiger partial charge in [0.2, 0.25) is 0 Å². The van der Waals surface area contributed by atoms with Crippen LogP contribution in [0.15, 0.2) is 117 Å². The standard InChI is InChI=1S/C6H4N2S.C5H6.3C4H4S/c1-4-9-6-5(1)7-2-3-8-6;4*1-2-4-5-3-1/h1-4H;1-4H,5H2;3*1-4H. The molecule has 0 saturated carbocycles. The van der Waals surface area contributed by atoms with Crippen molar-refractivity contribution >= 4 is 55.7 Å². The van der Waals surface area contributed by atoms with E-state index in [1.807, 2.05) is 80.1 Å². The van der Waals surface area contributed by atoms with Gasteiger partial charge in [0, 0.05) is 12.4 Å². The van der Waals surface area contributed by atoms with Gasteiger partial charge in [-0.1, -0.05) is 60.7 Å². The molecule has 29 heavy (non-hydrogen) atoms. The zero-order valence-electron chi connectivity index (χ0n) is 15.8. The fourth-order valence-corrected chi connectivity index (χ4v) is 3.83. The summed E-state index contributed by atoms with van der Waals surface area (Å²) >= 11 is 6.75. The van der Waals surface area contributed by atoms with Crippen molar-refractivity contribution in [2.24, 2.45) is 0 Å². The van der Waals surface area contributed by atoms with Crippen molar-refractivity contribution in [1.82, 2.24) is 9.97 Å². The van der Waals surface area contributed by atoms with E-state index in [0.29, 0.717) is 0 Å². The second-order valence-corrected chi connectivity index (χ2v) is 8.48. The molecule has 2 nitrogen and oxygen atoms in total. The fourth-order valence-electron chi connectivity index (χ4n) is 1.78. The van der Waals surface area contributed by atoms with E-state index in [9.17, 15) is 0 Å². The van der Waals surface area contributed by atoms with Gasteiger partial charge in [-0.15, -0.1) is 11.3 Å². The normalized spacial score (nSPS) is 10.3. The van der Waals surface area contributed by atoms with Crippen LogP contribution in [0.2, 0.25) is 0 Å². The lowest BCUT2D eigenvalue weighted by atomic mass is 10.5. The lowest BCUT2D eigenvalue weighted by Gasteiger charge is -1.81. The van der Waals surface area contributed by atoms with Crippen LogP contribution >= 0.6 is 45.3 Å². The van der Waals surface area contributed by atoms with Gasteiger partial charge >= 0.3 is 0 Å². The van der Waals surface area contributed by atoms with Gasteiger partial charge in [0.15, 0.2) is 0 Å². The van der Waals surface area contributed by atoms with Crippen molar-refractivity contribution in [3.63, 3.8) is 0 Å². The Balaban J connectivity index is 0.000000133. The highest BCUT2D eigenvalue weighted by Crippen LogP contribution is 2.13. The van der Waals surface area contributed by atoms with Crippen molar-refractivity contribution < 1.29 is 0 Å². The van der Waals surface area contributed by atoms with Crippen LogP contribution in [0, 0.1) is 0 Å².